The molecule has 2 N–H and O–H groups in total. The smallest absolute Gasteiger partial charge is 0.251 e. The second kappa shape index (κ2) is 7.80. The van der Waals surface area contributed by atoms with Crippen molar-refractivity contribution < 1.29 is 21.6 Å². The van der Waals surface area contributed by atoms with Crippen molar-refractivity contribution in [1.29, 1.82) is 0 Å². The largest absolute Gasteiger partial charge is 0.348 e. The van der Waals surface area contributed by atoms with E-state index in [9.17, 15) is 21.6 Å². The first-order valence-electron chi connectivity index (χ1n) is 8.60. The number of nitrogens with one attached hydrogen (secondary N) is 2. The number of anilines is 2. The fourth-order valence-corrected chi connectivity index (χ4v) is 5.14. The molecule has 1 fully saturated rings. The Hall–Kier alpha value is -2.59. The first-order valence-corrected chi connectivity index (χ1v) is 12.1. The van der Waals surface area contributed by atoms with Gasteiger partial charge < -0.3 is 5.32 Å². The van der Waals surface area contributed by atoms with Crippen LogP contribution in [0.15, 0.2) is 48.5 Å². The molecule has 150 valence electrons. The van der Waals surface area contributed by atoms with E-state index in [2.05, 4.69) is 10.0 Å². The number of carbonyl (C=O) groups excluding carboxylic acids is 1. The minimum atomic E-state index is -3.44. The lowest BCUT2D eigenvalue weighted by Gasteiger charge is -2.17. The summed E-state index contributed by atoms with van der Waals surface area (Å²) >= 11 is 0. The molecule has 1 aliphatic heterocycles. The Labute approximate surface area is 164 Å². The van der Waals surface area contributed by atoms with Gasteiger partial charge in [-0.2, -0.15) is 0 Å². The number of amides is 1. The van der Waals surface area contributed by atoms with E-state index in [4.69, 9.17) is 0 Å². The zero-order chi connectivity index (χ0) is 20.4. The zero-order valence-corrected chi connectivity index (χ0v) is 16.9. The van der Waals surface area contributed by atoms with Crippen LogP contribution >= 0.6 is 0 Å². The van der Waals surface area contributed by atoms with E-state index in [0.717, 1.165) is 6.26 Å². The van der Waals surface area contributed by atoms with Crippen LogP contribution in [0.2, 0.25) is 0 Å². The molecule has 0 atom stereocenters. The fourth-order valence-electron chi connectivity index (χ4n) is 2.98. The molecule has 1 amide bonds. The van der Waals surface area contributed by atoms with Crippen molar-refractivity contribution in [2.75, 3.05) is 27.6 Å². The predicted molar refractivity (Wildman–Crippen MR) is 108 cm³/mol. The molecule has 1 saturated heterocycles. The standard InChI is InChI=1S/C18H21N3O5S2/c1-27(23,24)20-17-9-3-2-6-15(17)13-19-18(22)14-7-4-8-16(12-14)21-10-5-11-28(21,25)26/h2-4,6-9,12,20H,5,10-11,13H2,1H3,(H,19,22). The number of para-hydroxylation sites is 1. The molecule has 0 spiro atoms. The summed E-state index contributed by atoms with van der Waals surface area (Å²) in [7, 11) is -6.77. The highest BCUT2D eigenvalue weighted by atomic mass is 32.2. The normalized spacial score (nSPS) is 16.0. The highest BCUT2D eigenvalue weighted by Crippen LogP contribution is 2.25. The van der Waals surface area contributed by atoms with Gasteiger partial charge in [-0.05, 0) is 36.2 Å². The monoisotopic (exact) mass is 423 g/mol. The molecule has 0 saturated carbocycles. The van der Waals surface area contributed by atoms with Gasteiger partial charge in [0.15, 0.2) is 0 Å². The maximum atomic E-state index is 12.5. The van der Waals surface area contributed by atoms with Gasteiger partial charge in [0, 0.05) is 18.7 Å². The van der Waals surface area contributed by atoms with Crippen molar-refractivity contribution in [3.8, 4) is 0 Å². The van der Waals surface area contributed by atoms with Gasteiger partial charge in [-0.1, -0.05) is 24.3 Å². The minimum Gasteiger partial charge on any atom is -0.348 e. The molecule has 8 nitrogen and oxygen atoms in total. The third-order valence-electron chi connectivity index (χ3n) is 4.25. The maximum Gasteiger partial charge on any atom is 0.251 e. The van der Waals surface area contributed by atoms with E-state index in [1.165, 1.54) is 4.31 Å². The average molecular weight is 424 g/mol. The summed E-state index contributed by atoms with van der Waals surface area (Å²) in [5.41, 5.74) is 1.79. The molecule has 0 unspecified atom stereocenters. The van der Waals surface area contributed by atoms with Crippen LogP contribution in [0.5, 0.6) is 0 Å². The molecule has 0 aliphatic carbocycles. The van der Waals surface area contributed by atoms with Gasteiger partial charge in [0.05, 0.1) is 23.4 Å². The quantitative estimate of drug-likeness (QED) is 0.732. The molecule has 10 heteroatoms. The van der Waals surface area contributed by atoms with Crippen LogP contribution in [0.4, 0.5) is 11.4 Å². The van der Waals surface area contributed by atoms with Crippen molar-refractivity contribution in [2.45, 2.75) is 13.0 Å². The molecule has 2 aromatic carbocycles. The van der Waals surface area contributed by atoms with Gasteiger partial charge >= 0.3 is 0 Å². The Morgan fingerprint density at radius 2 is 1.89 bits per heavy atom. The number of carbonyl (C=O) groups is 1. The third-order valence-corrected chi connectivity index (χ3v) is 6.71. The molecular formula is C18H21N3O5S2. The van der Waals surface area contributed by atoms with Crippen LogP contribution in [-0.4, -0.2) is 41.3 Å². The van der Waals surface area contributed by atoms with Gasteiger partial charge in [-0.15, -0.1) is 0 Å². The molecule has 28 heavy (non-hydrogen) atoms. The Bertz CT molecular complexity index is 1100. The highest BCUT2D eigenvalue weighted by molar-refractivity contribution is 7.93. The van der Waals surface area contributed by atoms with Crippen LogP contribution < -0.4 is 14.3 Å². The molecular weight excluding hydrogens is 402 g/mol. The van der Waals surface area contributed by atoms with Gasteiger partial charge in [0.2, 0.25) is 20.0 Å². The second-order valence-corrected chi connectivity index (χ2v) is 10.3. The summed E-state index contributed by atoms with van der Waals surface area (Å²) in [6, 6.07) is 13.2. The number of hydrogen-bond donors (Lipinski definition) is 2. The molecule has 1 aliphatic rings. The van der Waals surface area contributed by atoms with Crippen LogP contribution in [0.25, 0.3) is 0 Å². The van der Waals surface area contributed by atoms with Crippen LogP contribution in [0.1, 0.15) is 22.3 Å². The highest BCUT2D eigenvalue weighted by Gasteiger charge is 2.28. The summed E-state index contributed by atoms with van der Waals surface area (Å²) < 4.78 is 50.8. The molecule has 2 aromatic rings. The van der Waals surface area contributed by atoms with Gasteiger partial charge in [0.1, 0.15) is 0 Å². The Balaban J connectivity index is 1.74. The lowest BCUT2D eigenvalue weighted by Crippen LogP contribution is -2.26. The average Bonchev–Trinajstić information content (AvgIpc) is 2.98. The summed E-state index contributed by atoms with van der Waals surface area (Å²) in [5, 5.41) is 2.74. The molecule has 0 bridgehead atoms. The number of benzene rings is 2. The third kappa shape index (κ3) is 4.82. The maximum absolute atomic E-state index is 12.5. The van der Waals surface area contributed by atoms with E-state index in [0.29, 0.717) is 35.5 Å². The van der Waals surface area contributed by atoms with Crippen LogP contribution in [-0.2, 0) is 26.6 Å². The lowest BCUT2D eigenvalue weighted by atomic mass is 10.1. The predicted octanol–water partition coefficient (Wildman–Crippen LogP) is 1.53. The minimum absolute atomic E-state index is 0.105. The summed E-state index contributed by atoms with van der Waals surface area (Å²) in [4.78, 5) is 12.5. The summed E-state index contributed by atoms with van der Waals surface area (Å²) in [6.45, 7) is 0.516. The number of rotatable bonds is 6. The van der Waals surface area contributed by atoms with Crippen molar-refractivity contribution >= 4 is 37.3 Å². The molecule has 0 radical (unpaired) electrons. The first-order chi connectivity index (χ1) is 13.2. The van der Waals surface area contributed by atoms with Crippen molar-refractivity contribution in [2.24, 2.45) is 0 Å². The lowest BCUT2D eigenvalue weighted by molar-refractivity contribution is 0.0951. The Morgan fingerprint density at radius 3 is 2.57 bits per heavy atom. The van der Waals surface area contributed by atoms with Crippen LogP contribution in [0, 0.1) is 0 Å². The number of nitrogens with zero attached hydrogens (tertiary/aromatic N) is 1. The van der Waals surface area contributed by atoms with E-state index in [1.807, 2.05) is 0 Å². The van der Waals surface area contributed by atoms with Gasteiger partial charge in [-0.3, -0.25) is 13.8 Å². The van der Waals surface area contributed by atoms with Crippen molar-refractivity contribution in [3.63, 3.8) is 0 Å². The van der Waals surface area contributed by atoms with E-state index >= 15 is 0 Å². The Morgan fingerprint density at radius 1 is 1.14 bits per heavy atom. The topological polar surface area (TPSA) is 113 Å². The zero-order valence-electron chi connectivity index (χ0n) is 15.3. The summed E-state index contributed by atoms with van der Waals surface area (Å²) in [6.07, 6.45) is 1.61. The number of sulfonamides is 2. The fraction of sp³-hybridized carbons (Fsp3) is 0.278. The first kappa shape index (κ1) is 20.2. The van der Waals surface area contributed by atoms with E-state index in [-0.39, 0.29) is 18.2 Å². The summed E-state index contributed by atoms with van der Waals surface area (Å²) in [5.74, 6) is -0.277. The molecule has 1 heterocycles. The number of hydrogen-bond acceptors (Lipinski definition) is 5. The van der Waals surface area contributed by atoms with Crippen LogP contribution in [0.3, 0.4) is 0 Å². The SMILES string of the molecule is CS(=O)(=O)Nc1ccccc1CNC(=O)c1cccc(N2CCCS2(=O)=O)c1. The Kier molecular flexibility index (Phi) is 5.61. The van der Waals surface area contributed by atoms with E-state index in [1.54, 1.807) is 48.5 Å². The van der Waals surface area contributed by atoms with Gasteiger partial charge in [0.25, 0.3) is 5.91 Å². The van der Waals surface area contributed by atoms with E-state index < -0.39 is 20.0 Å². The molecule has 3 rings (SSSR count). The van der Waals surface area contributed by atoms with Crippen molar-refractivity contribution in [1.82, 2.24) is 5.32 Å². The second-order valence-electron chi connectivity index (χ2n) is 6.51. The van der Waals surface area contributed by atoms with Gasteiger partial charge in [-0.25, -0.2) is 16.8 Å². The van der Waals surface area contributed by atoms with Crippen molar-refractivity contribution in [3.05, 3.63) is 59.7 Å². The molecule has 0 aromatic heterocycles.